The first-order valence-electron chi connectivity index (χ1n) is 7.91. The van der Waals surface area contributed by atoms with Crippen LogP contribution in [0.2, 0.25) is 0 Å². The molecule has 1 aliphatic rings. The summed E-state index contributed by atoms with van der Waals surface area (Å²) in [7, 11) is 0. The Morgan fingerprint density at radius 1 is 1.00 bits per heavy atom. The predicted molar refractivity (Wildman–Crippen MR) is 85.8 cm³/mol. The van der Waals surface area contributed by atoms with E-state index in [4.69, 9.17) is 5.11 Å². The van der Waals surface area contributed by atoms with Gasteiger partial charge >= 0.3 is 5.97 Å². The molecule has 3 N–H and O–H groups in total. The van der Waals surface area contributed by atoms with E-state index in [1.807, 2.05) is 18.2 Å². The van der Waals surface area contributed by atoms with Crippen LogP contribution in [0.15, 0.2) is 30.3 Å². The zero-order chi connectivity index (χ0) is 16.7. The number of carbonyl (C=O) groups excluding carboxylic acids is 2. The molecule has 23 heavy (non-hydrogen) atoms. The maximum atomic E-state index is 12.0. The highest BCUT2D eigenvalue weighted by Crippen LogP contribution is 2.28. The topological polar surface area (TPSA) is 95.5 Å². The van der Waals surface area contributed by atoms with Gasteiger partial charge in [-0.3, -0.25) is 14.4 Å². The summed E-state index contributed by atoms with van der Waals surface area (Å²) in [5, 5.41) is 14.5. The Kier molecular flexibility index (Phi) is 6.14. The number of anilines is 1. The molecule has 1 aromatic rings. The van der Waals surface area contributed by atoms with Crippen molar-refractivity contribution in [3.8, 4) is 0 Å². The number of amides is 2. The van der Waals surface area contributed by atoms with Gasteiger partial charge in [-0.2, -0.15) is 0 Å². The van der Waals surface area contributed by atoms with E-state index in [-0.39, 0.29) is 36.6 Å². The van der Waals surface area contributed by atoms with Crippen LogP contribution in [0.3, 0.4) is 0 Å². The Morgan fingerprint density at radius 2 is 1.61 bits per heavy atom. The Labute approximate surface area is 135 Å². The highest BCUT2D eigenvalue weighted by Gasteiger charge is 2.29. The minimum atomic E-state index is -0.776. The highest BCUT2D eigenvalue weighted by atomic mass is 16.4. The molecule has 1 aliphatic carbocycles. The third kappa shape index (κ3) is 5.39. The monoisotopic (exact) mass is 318 g/mol. The molecule has 1 fully saturated rings. The van der Waals surface area contributed by atoms with Crippen LogP contribution >= 0.6 is 0 Å². The lowest BCUT2D eigenvalue weighted by Crippen LogP contribution is -2.35. The van der Waals surface area contributed by atoms with Gasteiger partial charge in [0.15, 0.2) is 0 Å². The smallest absolute Gasteiger partial charge is 0.306 e. The van der Waals surface area contributed by atoms with Crippen LogP contribution in [0.5, 0.6) is 0 Å². The second-order valence-electron chi connectivity index (χ2n) is 5.84. The van der Waals surface area contributed by atoms with E-state index in [9.17, 15) is 14.4 Å². The van der Waals surface area contributed by atoms with Gasteiger partial charge in [0.25, 0.3) is 0 Å². The summed E-state index contributed by atoms with van der Waals surface area (Å²) >= 11 is 0. The summed E-state index contributed by atoms with van der Waals surface area (Å²) in [4.78, 5) is 34.7. The van der Waals surface area contributed by atoms with Crippen LogP contribution in [-0.4, -0.2) is 29.4 Å². The fourth-order valence-corrected chi connectivity index (χ4v) is 2.79. The highest BCUT2D eigenvalue weighted by molar-refractivity contribution is 5.91. The molecule has 1 saturated carbocycles. The zero-order valence-corrected chi connectivity index (χ0v) is 13.0. The summed E-state index contributed by atoms with van der Waals surface area (Å²) in [6.45, 7) is 0.288. The molecule has 6 heteroatoms. The standard InChI is InChI=1S/C17H22N2O4/c20-15(19-14-4-2-1-3-5-14)10-11-18-16(21)12-6-8-13(9-7-12)17(22)23/h1-5,12-13H,6-11H2,(H,18,21)(H,19,20)(H,22,23). The quantitative estimate of drug-likeness (QED) is 0.748. The maximum Gasteiger partial charge on any atom is 0.306 e. The molecule has 2 rings (SSSR count). The summed E-state index contributed by atoms with van der Waals surface area (Å²) < 4.78 is 0. The van der Waals surface area contributed by atoms with Crippen LogP contribution in [0.4, 0.5) is 5.69 Å². The van der Waals surface area contributed by atoms with Gasteiger partial charge in [-0.25, -0.2) is 0 Å². The van der Waals surface area contributed by atoms with Crippen molar-refractivity contribution in [1.29, 1.82) is 0 Å². The van der Waals surface area contributed by atoms with Crippen molar-refractivity contribution in [2.75, 3.05) is 11.9 Å². The second kappa shape index (κ2) is 8.31. The van der Waals surface area contributed by atoms with Crippen molar-refractivity contribution in [3.05, 3.63) is 30.3 Å². The minimum absolute atomic E-state index is 0.0821. The maximum absolute atomic E-state index is 12.0. The number of nitrogens with one attached hydrogen (secondary N) is 2. The van der Waals surface area contributed by atoms with Gasteiger partial charge < -0.3 is 15.7 Å². The molecule has 0 atom stereocenters. The average molecular weight is 318 g/mol. The number of rotatable bonds is 6. The lowest BCUT2D eigenvalue weighted by molar-refractivity contribution is -0.144. The number of benzene rings is 1. The second-order valence-corrected chi connectivity index (χ2v) is 5.84. The number of carboxylic acids is 1. The van der Waals surface area contributed by atoms with Crippen molar-refractivity contribution in [2.24, 2.45) is 11.8 Å². The molecule has 0 heterocycles. The van der Waals surface area contributed by atoms with Crippen molar-refractivity contribution in [3.63, 3.8) is 0 Å². The predicted octanol–water partition coefficient (Wildman–Crippen LogP) is 2.02. The van der Waals surface area contributed by atoms with E-state index >= 15 is 0 Å². The molecule has 0 saturated heterocycles. The molecule has 2 amide bonds. The number of aliphatic carboxylic acids is 1. The normalized spacial score (nSPS) is 20.5. The van der Waals surface area contributed by atoms with Gasteiger partial charge in [0.05, 0.1) is 5.92 Å². The van der Waals surface area contributed by atoms with Crippen LogP contribution in [0, 0.1) is 11.8 Å². The van der Waals surface area contributed by atoms with Gasteiger partial charge in [0.2, 0.25) is 11.8 Å². The van der Waals surface area contributed by atoms with Crippen molar-refractivity contribution in [1.82, 2.24) is 5.32 Å². The molecule has 0 radical (unpaired) electrons. The van der Waals surface area contributed by atoms with Gasteiger partial charge in [0.1, 0.15) is 0 Å². The SMILES string of the molecule is O=C(CCNC(=O)C1CCC(C(=O)O)CC1)Nc1ccccc1. The molecule has 124 valence electrons. The van der Waals surface area contributed by atoms with E-state index < -0.39 is 5.97 Å². The summed E-state index contributed by atoms with van der Waals surface area (Å²) in [6, 6.07) is 9.15. The third-order valence-corrected chi connectivity index (χ3v) is 4.16. The lowest BCUT2D eigenvalue weighted by Gasteiger charge is -2.25. The van der Waals surface area contributed by atoms with Crippen molar-refractivity contribution < 1.29 is 19.5 Å². The van der Waals surface area contributed by atoms with E-state index in [0.29, 0.717) is 25.7 Å². The number of carboxylic acid groups (broad SMARTS) is 1. The van der Waals surface area contributed by atoms with E-state index in [0.717, 1.165) is 5.69 Å². The first-order valence-corrected chi connectivity index (χ1v) is 7.91. The lowest BCUT2D eigenvalue weighted by atomic mass is 9.81. The molecule has 0 spiro atoms. The molecule has 1 aromatic carbocycles. The fourth-order valence-electron chi connectivity index (χ4n) is 2.79. The van der Waals surface area contributed by atoms with Gasteiger partial charge in [-0.05, 0) is 37.8 Å². The summed E-state index contributed by atoms with van der Waals surface area (Å²) in [6.07, 6.45) is 2.49. The number of carbonyl (C=O) groups is 3. The average Bonchev–Trinajstić information content (AvgIpc) is 2.55. The number of hydrogen-bond donors (Lipinski definition) is 3. The Hall–Kier alpha value is -2.37. The molecular weight excluding hydrogens is 296 g/mol. The van der Waals surface area contributed by atoms with Crippen LogP contribution in [0.25, 0.3) is 0 Å². The largest absolute Gasteiger partial charge is 0.481 e. The first kappa shape index (κ1) is 17.0. The summed E-state index contributed by atoms with van der Waals surface area (Å²) in [5.74, 6) is -1.47. The molecular formula is C17H22N2O4. The van der Waals surface area contributed by atoms with Crippen LogP contribution < -0.4 is 10.6 Å². The zero-order valence-electron chi connectivity index (χ0n) is 13.0. The number of hydrogen-bond acceptors (Lipinski definition) is 3. The van der Waals surface area contributed by atoms with Gasteiger partial charge in [-0.1, -0.05) is 18.2 Å². The molecule has 0 aliphatic heterocycles. The van der Waals surface area contributed by atoms with Crippen molar-refractivity contribution >= 4 is 23.5 Å². The van der Waals surface area contributed by atoms with E-state index in [1.54, 1.807) is 12.1 Å². The molecule has 0 aromatic heterocycles. The molecule has 6 nitrogen and oxygen atoms in total. The van der Waals surface area contributed by atoms with Crippen LogP contribution in [0.1, 0.15) is 32.1 Å². The summed E-state index contributed by atoms with van der Waals surface area (Å²) in [5.41, 5.74) is 0.732. The van der Waals surface area contributed by atoms with Gasteiger partial charge in [0, 0.05) is 24.6 Å². The third-order valence-electron chi connectivity index (χ3n) is 4.16. The first-order chi connectivity index (χ1) is 11.1. The number of para-hydroxylation sites is 1. The molecule has 0 unspecified atom stereocenters. The minimum Gasteiger partial charge on any atom is -0.481 e. The Balaban J connectivity index is 1.65. The van der Waals surface area contributed by atoms with E-state index in [1.165, 1.54) is 0 Å². The Morgan fingerprint density at radius 3 is 2.22 bits per heavy atom. The van der Waals surface area contributed by atoms with E-state index in [2.05, 4.69) is 10.6 Å². The fraction of sp³-hybridized carbons (Fsp3) is 0.471. The van der Waals surface area contributed by atoms with Crippen LogP contribution in [-0.2, 0) is 14.4 Å². The van der Waals surface area contributed by atoms with Crippen molar-refractivity contribution in [2.45, 2.75) is 32.1 Å². The Bertz CT molecular complexity index is 551. The van der Waals surface area contributed by atoms with Gasteiger partial charge in [-0.15, -0.1) is 0 Å². The molecule has 0 bridgehead atoms.